The minimum Gasteiger partial charge on any atom is -0.366 e. The van der Waals surface area contributed by atoms with Crippen LogP contribution in [-0.2, 0) is 4.74 Å². The van der Waals surface area contributed by atoms with Crippen LogP contribution in [0.2, 0.25) is 0 Å². The first-order chi connectivity index (χ1) is 3.68. The molecular formula is C5H10Br2O. The lowest BCUT2D eigenvalue weighted by atomic mass is 10.5. The Hall–Kier alpha value is 0.920. The Morgan fingerprint density at radius 2 is 2.00 bits per heavy atom. The van der Waals surface area contributed by atoms with Crippen molar-refractivity contribution >= 4 is 31.9 Å². The summed E-state index contributed by atoms with van der Waals surface area (Å²) in [7, 11) is 0. The van der Waals surface area contributed by atoms with Gasteiger partial charge < -0.3 is 4.74 Å². The Morgan fingerprint density at radius 3 is 2.12 bits per heavy atom. The maximum atomic E-state index is 5.17. The molecule has 1 nitrogen and oxygen atoms in total. The monoisotopic (exact) mass is 244 g/mol. The van der Waals surface area contributed by atoms with Gasteiger partial charge in [-0.3, -0.25) is 0 Å². The summed E-state index contributed by atoms with van der Waals surface area (Å²) in [5.41, 5.74) is 0. The van der Waals surface area contributed by atoms with Crippen molar-refractivity contribution in [2.45, 2.75) is 23.7 Å². The Balaban J connectivity index is 3.17. The lowest BCUT2D eigenvalue weighted by Crippen LogP contribution is -2.13. The molecule has 50 valence electrons. The highest BCUT2D eigenvalue weighted by molar-refractivity contribution is 9.12. The summed E-state index contributed by atoms with van der Waals surface area (Å²) < 4.78 is 5.17. The van der Waals surface area contributed by atoms with Gasteiger partial charge in [0.25, 0.3) is 0 Å². The average Bonchev–Trinajstić information content (AvgIpc) is 1.67. The number of alkyl halides is 2. The van der Waals surface area contributed by atoms with E-state index in [4.69, 9.17) is 4.74 Å². The Bertz CT molecular complexity index is 56.4. The predicted molar refractivity (Wildman–Crippen MR) is 42.7 cm³/mol. The highest BCUT2D eigenvalue weighted by Crippen LogP contribution is 2.13. The van der Waals surface area contributed by atoms with Gasteiger partial charge in [-0.1, -0.05) is 31.9 Å². The summed E-state index contributed by atoms with van der Waals surface area (Å²) in [5.74, 6) is 0. The average molecular weight is 246 g/mol. The lowest BCUT2D eigenvalue weighted by molar-refractivity contribution is 0.132. The Kier molecular flexibility index (Phi) is 5.31. The fourth-order valence-electron chi connectivity index (χ4n) is 0.292. The molecule has 0 saturated carbocycles. The molecule has 0 aliphatic rings. The second-order valence-corrected chi connectivity index (χ2v) is 3.83. The molecule has 0 bridgehead atoms. The number of hydrogen-bond acceptors (Lipinski definition) is 1. The van der Waals surface area contributed by atoms with E-state index in [0.717, 1.165) is 6.61 Å². The van der Waals surface area contributed by atoms with Crippen molar-refractivity contribution in [1.82, 2.24) is 0 Å². The van der Waals surface area contributed by atoms with Crippen LogP contribution in [0.25, 0.3) is 0 Å². The molecule has 0 saturated heterocycles. The van der Waals surface area contributed by atoms with Gasteiger partial charge in [-0.2, -0.15) is 0 Å². The fourth-order valence-corrected chi connectivity index (χ4v) is 0.709. The first-order valence-corrected chi connectivity index (χ1v) is 4.41. The molecule has 2 unspecified atom stereocenters. The van der Waals surface area contributed by atoms with Crippen molar-refractivity contribution < 1.29 is 4.74 Å². The molecule has 0 aromatic carbocycles. The van der Waals surface area contributed by atoms with Crippen molar-refractivity contribution in [3.63, 3.8) is 0 Å². The molecule has 0 aliphatic heterocycles. The van der Waals surface area contributed by atoms with Crippen molar-refractivity contribution in [1.29, 1.82) is 0 Å². The SMILES string of the molecule is CCOC(Br)C(C)Br. The summed E-state index contributed by atoms with van der Waals surface area (Å²) in [4.78, 5) is 0.377. The number of ether oxygens (including phenoxy) is 1. The third kappa shape index (κ3) is 3.87. The van der Waals surface area contributed by atoms with Crippen LogP contribution >= 0.6 is 31.9 Å². The third-order valence-electron chi connectivity index (χ3n) is 0.687. The smallest absolute Gasteiger partial charge is 0.124 e. The molecule has 0 aromatic heterocycles. The van der Waals surface area contributed by atoms with Crippen LogP contribution < -0.4 is 0 Å². The van der Waals surface area contributed by atoms with Crippen LogP contribution in [0.1, 0.15) is 13.8 Å². The van der Waals surface area contributed by atoms with E-state index in [2.05, 4.69) is 31.9 Å². The molecule has 0 aliphatic carbocycles. The van der Waals surface area contributed by atoms with E-state index >= 15 is 0 Å². The van der Waals surface area contributed by atoms with Gasteiger partial charge >= 0.3 is 0 Å². The standard InChI is InChI=1S/C5H10Br2O/c1-3-8-5(7)4(2)6/h4-5H,3H2,1-2H3. The second-order valence-electron chi connectivity index (χ2n) is 1.48. The largest absolute Gasteiger partial charge is 0.366 e. The maximum Gasteiger partial charge on any atom is 0.124 e. The highest BCUT2D eigenvalue weighted by atomic mass is 79.9. The topological polar surface area (TPSA) is 9.23 Å². The van der Waals surface area contributed by atoms with E-state index in [1.165, 1.54) is 0 Å². The fraction of sp³-hybridized carbons (Fsp3) is 1.00. The molecule has 0 fully saturated rings. The van der Waals surface area contributed by atoms with Crippen molar-refractivity contribution in [3.8, 4) is 0 Å². The van der Waals surface area contributed by atoms with Gasteiger partial charge in [0.2, 0.25) is 0 Å². The van der Waals surface area contributed by atoms with Gasteiger partial charge in [-0.15, -0.1) is 0 Å². The first kappa shape index (κ1) is 8.92. The van der Waals surface area contributed by atoms with E-state index in [1.54, 1.807) is 0 Å². The van der Waals surface area contributed by atoms with E-state index in [0.29, 0.717) is 4.83 Å². The van der Waals surface area contributed by atoms with E-state index in [-0.39, 0.29) is 5.01 Å². The highest BCUT2D eigenvalue weighted by Gasteiger charge is 2.07. The van der Waals surface area contributed by atoms with Gasteiger partial charge in [0.15, 0.2) is 0 Å². The zero-order chi connectivity index (χ0) is 6.57. The van der Waals surface area contributed by atoms with Crippen LogP contribution in [0.5, 0.6) is 0 Å². The molecule has 0 amide bonds. The van der Waals surface area contributed by atoms with Crippen LogP contribution in [0.15, 0.2) is 0 Å². The normalized spacial score (nSPS) is 18.0. The number of rotatable bonds is 3. The molecule has 0 radical (unpaired) electrons. The Morgan fingerprint density at radius 1 is 1.50 bits per heavy atom. The predicted octanol–water partition coefficient (Wildman–Crippen LogP) is 2.53. The molecule has 2 atom stereocenters. The molecule has 3 heteroatoms. The van der Waals surface area contributed by atoms with Gasteiger partial charge in [0, 0.05) is 11.4 Å². The summed E-state index contributed by atoms with van der Waals surface area (Å²) >= 11 is 6.70. The number of hydrogen-bond donors (Lipinski definition) is 0. The zero-order valence-corrected chi connectivity index (χ0v) is 8.20. The van der Waals surface area contributed by atoms with Crippen LogP contribution in [0.4, 0.5) is 0 Å². The lowest BCUT2D eigenvalue weighted by Gasteiger charge is -2.10. The molecule has 0 rings (SSSR count). The van der Waals surface area contributed by atoms with Gasteiger partial charge in [0.1, 0.15) is 5.01 Å². The zero-order valence-electron chi connectivity index (χ0n) is 5.03. The first-order valence-electron chi connectivity index (χ1n) is 2.58. The van der Waals surface area contributed by atoms with E-state index in [9.17, 15) is 0 Å². The molecule has 0 N–H and O–H groups in total. The van der Waals surface area contributed by atoms with Gasteiger partial charge in [0.05, 0.1) is 0 Å². The minimum absolute atomic E-state index is 0.146. The molecule has 0 heterocycles. The molecule has 0 aromatic rings. The van der Waals surface area contributed by atoms with E-state index < -0.39 is 0 Å². The summed E-state index contributed by atoms with van der Waals surface area (Å²) in [6, 6.07) is 0. The number of halogens is 2. The molecule has 8 heavy (non-hydrogen) atoms. The molecule has 0 spiro atoms. The third-order valence-corrected chi connectivity index (χ3v) is 2.93. The van der Waals surface area contributed by atoms with Crippen LogP contribution in [-0.4, -0.2) is 16.4 Å². The quantitative estimate of drug-likeness (QED) is 0.695. The summed E-state index contributed by atoms with van der Waals surface area (Å²) in [6.07, 6.45) is 0. The van der Waals surface area contributed by atoms with Crippen LogP contribution in [0, 0.1) is 0 Å². The van der Waals surface area contributed by atoms with Crippen molar-refractivity contribution in [3.05, 3.63) is 0 Å². The van der Waals surface area contributed by atoms with Crippen molar-refractivity contribution in [2.24, 2.45) is 0 Å². The van der Waals surface area contributed by atoms with Gasteiger partial charge in [-0.05, 0) is 13.8 Å². The molecular weight excluding hydrogens is 236 g/mol. The van der Waals surface area contributed by atoms with Crippen LogP contribution in [0.3, 0.4) is 0 Å². The maximum absolute atomic E-state index is 5.17. The van der Waals surface area contributed by atoms with Crippen molar-refractivity contribution in [2.75, 3.05) is 6.61 Å². The Labute approximate surface area is 67.0 Å². The van der Waals surface area contributed by atoms with Gasteiger partial charge in [-0.25, -0.2) is 0 Å². The summed E-state index contributed by atoms with van der Waals surface area (Å²) in [5, 5.41) is 0.146. The minimum atomic E-state index is 0.146. The second kappa shape index (κ2) is 4.77. The summed E-state index contributed by atoms with van der Waals surface area (Å²) in [6.45, 7) is 4.77. The van der Waals surface area contributed by atoms with E-state index in [1.807, 2.05) is 13.8 Å².